The zero-order valence-corrected chi connectivity index (χ0v) is 32.0. The molecule has 0 aromatic carbocycles. The number of nitrogens with one attached hydrogen (secondary N) is 1. The second-order valence-corrected chi connectivity index (χ2v) is 15.3. The van der Waals surface area contributed by atoms with Gasteiger partial charge in [-0.25, -0.2) is 4.79 Å². The fraction of sp³-hybridized carbons (Fsp3) is 0.914. The molecule has 0 aromatic heterocycles. The third-order valence-electron chi connectivity index (χ3n) is 11.0. The number of rotatable bonds is 10. The van der Waals surface area contributed by atoms with Crippen LogP contribution in [0.1, 0.15) is 87.5 Å². The molecule has 13 atom stereocenters. The summed E-state index contributed by atoms with van der Waals surface area (Å²) in [6.45, 7) is 15.9. The smallest absolute Gasteiger partial charge is 0.410 e. The number of aliphatic hydroxyl groups is 1. The van der Waals surface area contributed by atoms with Crippen LogP contribution in [-0.2, 0) is 33.3 Å². The molecule has 0 saturated carbocycles. The van der Waals surface area contributed by atoms with Gasteiger partial charge in [-0.15, -0.1) is 0 Å². The molecule has 1 amide bonds. The molecule has 0 spiro atoms. The monoisotopic (exact) mass is 710 g/mol. The lowest BCUT2D eigenvalue weighted by atomic mass is 9.78. The predicted octanol–water partition coefficient (Wildman–Crippen LogP) is 4.05. The van der Waals surface area contributed by atoms with Crippen LogP contribution in [0.15, 0.2) is 5.11 Å². The third kappa shape index (κ3) is 9.28. The topological polar surface area (TPSA) is 185 Å². The first kappa shape index (κ1) is 41.9. The van der Waals surface area contributed by atoms with Gasteiger partial charge in [-0.05, 0) is 98.8 Å². The molecule has 3 rings (SSSR count). The minimum Gasteiger partial charge on any atom is -0.458 e. The molecule has 15 heteroatoms. The summed E-state index contributed by atoms with van der Waals surface area (Å²) in [5, 5.41) is 18.6. The highest BCUT2D eigenvalue weighted by atomic mass is 16.7. The molecular formula is C35H62N6O9. The fourth-order valence-electron chi connectivity index (χ4n) is 8.17. The number of Topliss-reactive ketones (excluding diaryl/α,β-unsaturated/α-hetero) is 1. The molecule has 50 heavy (non-hydrogen) atoms. The molecule has 3 fully saturated rings. The lowest BCUT2D eigenvalue weighted by Gasteiger charge is -2.46. The third-order valence-corrected chi connectivity index (χ3v) is 11.0. The lowest BCUT2D eigenvalue weighted by Crippen LogP contribution is -2.61. The number of unbranched alkanes of at least 4 members (excludes halogenated alkanes) is 1. The van der Waals surface area contributed by atoms with Gasteiger partial charge in [-0.1, -0.05) is 25.9 Å². The zero-order chi connectivity index (χ0) is 37.6. The largest absolute Gasteiger partial charge is 0.458 e. The van der Waals surface area contributed by atoms with E-state index in [0.29, 0.717) is 51.7 Å². The van der Waals surface area contributed by atoms with Crippen LogP contribution in [0.25, 0.3) is 10.4 Å². The van der Waals surface area contributed by atoms with Gasteiger partial charge in [0.15, 0.2) is 17.7 Å². The average molecular weight is 711 g/mol. The Kier molecular flexibility index (Phi) is 14.9. The Morgan fingerprint density at radius 2 is 1.82 bits per heavy atom. The number of nitrogens with zero attached hydrogens (tertiary/aromatic N) is 5. The molecule has 0 aliphatic carbocycles. The molecule has 15 nitrogen and oxygen atoms in total. The van der Waals surface area contributed by atoms with Crippen molar-refractivity contribution in [2.24, 2.45) is 22.9 Å². The van der Waals surface area contributed by atoms with Crippen LogP contribution < -0.4 is 5.32 Å². The minimum atomic E-state index is -1.22. The molecule has 3 aliphatic rings. The van der Waals surface area contributed by atoms with E-state index < -0.39 is 71.5 Å². The number of likely N-dealkylation sites (N-methyl/N-ethyl adjacent to an activating group) is 1. The van der Waals surface area contributed by atoms with Gasteiger partial charge in [0.25, 0.3) is 0 Å². The van der Waals surface area contributed by atoms with E-state index in [1.807, 2.05) is 46.7 Å². The second-order valence-electron chi connectivity index (χ2n) is 15.3. The molecule has 286 valence electrons. The summed E-state index contributed by atoms with van der Waals surface area (Å²) in [6.07, 6.45) is -1.89. The van der Waals surface area contributed by atoms with Crippen LogP contribution in [0, 0.1) is 17.8 Å². The minimum absolute atomic E-state index is 0.00887. The van der Waals surface area contributed by atoms with Crippen LogP contribution in [-0.4, -0.2) is 134 Å². The van der Waals surface area contributed by atoms with E-state index in [1.165, 1.54) is 6.92 Å². The van der Waals surface area contributed by atoms with E-state index in [2.05, 4.69) is 22.3 Å². The number of hydrogen-bond acceptors (Lipinski definition) is 12. The molecule has 3 heterocycles. The van der Waals surface area contributed by atoms with E-state index in [0.717, 1.165) is 0 Å². The molecule has 3 aliphatic heterocycles. The molecule has 0 bridgehead atoms. The van der Waals surface area contributed by atoms with Gasteiger partial charge in [-0.2, -0.15) is 0 Å². The number of amides is 1. The Hall–Kier alpha value is -2.52. The molecule has 2 unspecified atom stereocenters. The zero-order valence-electron chi connectivity index (χ0n) is 32.0. The van der Waals surface area contributed by atoms with Gasteiger partial charge in [0.05, 0.1) is 23.9 Å². The van der Waals surface area contributed by atoms with Crippen molar-refractivity contribution in [2.75, 3.05) is 40.8 Å². The summed E-state index contributed by atoms with van der Waals surface area (Å²) >= 11 is 0. The summed E-state index contributed by atoms with van der Waals surface area (Å²) in [7, 11) is 5.36. The van der Waals surface area contributed by atoms with Gasteiger partial charge < -0.3 is 39.0 Å². The number of aliphatic hydroxyl groups excluding tert-OH is 1. The van der Waals surface area contributed by atoms with Crippen molar-refractivity contribution in [1.82, 2.24) is 15.1 Å². The Morgan fingerprint density at radius 3 is 2.42 bits per heavy atom. The number of ketones is 1. The van der Waals surface area contributed by atoms with Crippen LogP contribution in [0.5, 0.6) is 0 Å². The highest BCUT2D eigenvalue weighted by Gasteiger charge is 2.58. The van der Waals surface area contributed by atoms with E-state index in [9.17, 15) is 19.5 Å². The number of azide groups is 1. The number of methoxy groups -OCH3 is 1. The average Bonchev–Trinajstić information content (AvgIpc) is 3.33. The van der Waals surface area contributed by atoms with Crippen molar-refractivity contribution in [3.05, 3.63) is 10.4 Å². The Bertz CT molecular complexity index is 1220. The maximum Gasteiger partial charge on any atom is 0.410 e. The van der Waals surface area contributed by atoms with Crippen LogP contribution in [0.4, 0.5) is 4.79 Å². The summed E-state index contributed by atoms with van der Waals surface area (Å²) in [6, 6.07) is -1.04. The van der Waals surface area contributed by atoms with Gasteiger partial charge >= 0.3 is 12.1 Å². The first-order valence-corrected chi connectivity index (χ1v) is 18.1. The first-order chi connectivity index (χ1) is 23.4. The number of fused-ring (bicyclic) bond motifs is 1. The number of carbonyl (C=O) groups excluding carboxylic acids is 3. The highest BCUT2D eigenvalue weighted by Crippen LogP contribution is 2.40. The van der Waals surface area contributed by atoms with Gasteiger partial charge in [0, 0.05) is 43.1 Å². The van der Waals surface area contributed by atoms with E-state index in [-0.39, 0.29) is 24.1 Å². The normalized spacial score (nSPS) is 40.7. The summed E-state index contributed by atoms with van der Waals surface area (Å²) in [4.78, 5) is 47.9. The highest BCUT2D eigenvalue weighted by molar-refractivity contribution is 6.00. The molecule has 2 N–H and O–H groups in total. The maximum absolute atomic E-state index is 14.2. The SMILES string of the molecule is CC[C@H]1OC(=O)C(C)C(=O)[C@H](C)[C@@H](O[C@@H]2O[C@H](C)CC(N(C)C)[C@H]2O)[C@](C)(OC)C[C@@H](C)CN[C@H](C)[C@H]2N(CCCCN=[N+]=[N-])C(=O)O[C@]12C. The number of cyclic esters (lactones) is 1. The van der Waals surface area contributed by atoms with Crippen molar-refractivity contribution >= 4 is 17.8 Å². The van der Waals surface area contributed by atoms with E-state index >= 15 is 0 Å². The van der Waals surface area contributed by atoms with Gasteiger partial charge in [0.2, 0.25) is 0 Å². The van der Waals surface area contributed by atoms with Crippen LogP contribution >= 0.6 is 0 Å². The quantitative estimate of drug-likeness (QED) is 0.0832. The molecule has 3 saturated heterocycles. The van der Waals surface area contributed by atoms with Gasteiger partial charge in [0.1, 0.15) is 18.1 Å². The summed E-state index contributed by atoms with van der Waals surface area (Å²) in [5.74, 6) is -3.17. The number of ether oxygens (including phenoxy) is 5. The van der Waals surface area contributed by atoms with Crippen molar-refractivity contribution < 1.29 is 43.2 Å². The first-order valence-electron chi connectivity index (χ1n) is 18.1. The molecule has 0 aromatic rings. The lowest BCUT2D eigenvalue weighted by molar-refractivity contribution is -0.295. The number of carbonyl (C=O) groups is 3. The van der Waals surface area contributed by atoms with Crippen LogP contribution in [0.2, 0.25) is 0 Å². The Morgan fingerprint density at radius 1 is 1.14 bits per heavy atom. The number of hydrogen-bond donors (Lipinski definition) is 2. The Labute approximate surface area is 297 Å². The molecular weight excluding hydrogens is 648 g/mol. The summed E-state index contributed by atoms with van der Waals surface area (Å²) in [5.41, 5.74) is 6.39. The fourth-order valence-corrected chi connectivity index (χ4v) is 8.17. The Balaban J connectivity index is 2.02. The van der Waals surface area contributed by atoms with Crippen molar-refractivity contribution in [1.29, 1.82) is 0 Å². The van der Waals surface area contributed by atoms with Gasteiger partial charge in [-0.3, -0.25) is 14.5 Å². The predicted molar refractivity (Wildman–Crippen MR) is 186 cm³/mol. The van der Waals surface area contributed by atoms with Crippen molar-refractivity contribution in [2.45, 2.75) is 148 Å². The number of esters is 1. The maximum atomic E-state index is 14.2. The molecule has 0 radical (unpaired) electrons. The van der Waals surface area contributed by atoms with Crippen molar-refractivity contribution in [3.8, 4) is 0 Å². The standard InChI is InChI=1S/C35H62N6O9/c1-12-26-35(8)29(41(33(45)50-35)16-14-13-15-38-39-36)24(6)37-19-20(2)18-34(7,46-11)30(22(4)27(42)23(5)31(44)48-26)49-32-28(43)25(40(9)10)17-21(3)47-32/h20-26,28-30,32,37,43H,12-19H2,1-11H3/t20-,21-,22+,23?,24-,25?,26-,28-,29-,30-,32+,34-,35-/m1/s1. The second kappa shape index (κ2) is 17.8. The van der Waals surface area contributed by atoms with E-state index in [4.69, 9.17) is 29.2 Å². The van der Waals surface area contributed by atoms with Crippen molar-refractivity contribution in [3.63, 3.8) is 0 Å². The van der Waals surface area contributed by atoms with Crippen LogP contribution in [0.3, 0.4) is 0 Å². The summed E-state index contributed by atoms with van der Waals surface area (Å²) < 4.78 is 31.1. The van der Waals surface area contributed by atoms with E-state index in [1.54, 1.807) is 25.9 Å².